The fourth-order valence-electron chi connectivity index (χ4n) is 6.57. The van der Waals surface area contributed by atoms with Crippen molar-refractivity contribution in [2.24, 2.45) is 0 Å². The molecule has 3 heteroatoms. The second-order valence-corrected chi connectivity index (χ2v) is 12.7. The van der Waals surface area contributed by atoms with Gasteiger partial charge in [-0.15, -0.1) is 11.3 Å². The molecule has 0 radical (unpaired) electrons. The number of aromatic nitrogens is 1. The Bertz CT molecular complexity index is 2510. The van der Waals surface area contributed by atoms with Gasteiger partial charge in [0, 0.05) is 37.7 Å². The van der Waals surface area contributed by atoms with Crippen LogP contribution >= 0.6 is 11.3 Å². The minimum absolute atomic E-state index is 0.897. The molecule has 7 aromatic carbocycles. The van der Waals surface area contributed by atoms with E-state index in [2.05, 4.69) is 175 Å². The van der Waals surface area contributed by atoms with Gasteiger partial charge < -0.3 is 0 Å². The van der Waals surface area contributed by atoms with Crippen LogP contribution in [-0.2, 0) is 0 Å². The van der Waals surface area contributed by atoms with Crippen LogP contribution < -0.4 is 4.90 Å². The Labute approximate surface area is 271 Å². The van der Waals surface area contributed by atoms with Crippen molar-refractivity contribution in [2.75, 3.05) is 4.90 Å². The smallest absolute Gasteiger partial charge is 0.138 e. The van der Waals surface area contributed by atoms with E-state index in [0.717, 1.165) is 17.2 Å². The van der Waals surface area contributed by atoms with Gasteiger partial charge in [0.1, 0.15) is 5.82 Å². The van der Waals surface area contributed by atoms with Crippen LogP contribution in [0.25, 0.3) is 64.0 Å². The van der Waals surface area contributed by atoms with Crippen molar-refractivity contribution >= 4 is 70.2 Å². The molecule has 0 aliphatic carbocycles. The van der Waals surface area contributed by atoms with Crippen molar-refractivity contribution in [3.05, 3.63) is 170 Å². The summed E-state index contributed by atoms with van der Waals surface area (Å²) in [5.74, 6) is 0.897. The first-order chi connectivity index (χ1) is 22.8. The lowest BCUT2D eigenvalue weighted by atomic mass is 10.0. The first-order valence-corrected chi connectivity index (χ1v) is 16.4. The molecule has 9 rings (SSSR count). The highest BCUT2D eigenvalue weighted by Gasteiger charge is 2.17. The Morgan fingerprint density at radius 1 is 0.413 bits per heavy atom. The molecule has 2 nitrogen and oxygen atoms in total. The molecule has 2 heterocycles. The minimum atomic E-state index is 0.897. The van der Waals surface area contributed by atoms with E-state index in [9.17, 15) is 0 Å². The zero-order valence-corrected chi connectivity index (χ0v) is 25.8. The minimum Gasteiger partial charge on any atom is -0.295 e. The summed E-state index contributed by atoms with van der Waals surface area (Å²) in [5, 5.41) is 7.52. The average molecular weight is 605 g/mol. The highest BCUT2D eigenvalue weighted by Crippen LogP contribution is 2.42. The Morgan fingerprint density at radius 3 is 1.76 bits per heavy atom. The van der Waals surface area contributed by atoms with Crippen LogP contribution in [0.2, 0.25) is 0 Å². The molecule has 0 aliphatic heterocycles. The number of hydrogen-bond acceptors (Lipinski definition) is 3. The van der Waals surface area contributed by atoms with E-state index in [1.54, 1.807) is 0 Å². The fourth-order valence-corrected chi connectivity index (χ4v) is 7.70. The highest BCUT2D eigenvalue weighted by atomic mass is 32.1. The Kier molecular flexibility index (Phi) is 6.36. The summed E-state index contributed by atoms with van der Waals surface area (Å²) in [4.78, 5) is 7.38. The number of nitrogens with zero attached hydrogens (tertiary/aromatic N) is 2. The van der Waals surface area contributed by atoms with Crippen molar-refractivity contribution in [3.8, 4) is 22.3 Å². The van der Waals surface area contributed by atoms with Crippen molar-refractivity contribution < 1.29 is 0 Å². The third kappa shape index (κ3) is 4.61. The summed E-state index contributed by atoms with van der Waals surface area (Å²) < 4.78 is 2.51. The monoisotopic (exact) mass is 604 g/mol. The van der Waals surface area contributed by atoms with Crippen molar-refractivity contribution in [1.82, 2.24) is 4.98 Å². The number of thiophene rings is 1. The average Bonchev–Trinajstić information content (AvgIpc) is 3.51. The van der Waals surface area contributed by atoms with Gasteiger partial charge in [-0.05, 0) is 86.3 Å². The van der Waals surface area contributed by atoms with Gasteiger partial charge in [0.15, 0.2) is 0 Å². The van der Waals surface area contributed by atoms with Crippen molar-refractivity contribution in [1.29, 1.82) is 0 Å². The van der Waals surface area contributed by atoms with E-state index < -0.39 is 0 Å². The predicted molar refractivity (Wildman–Crippen MR) is 198 cm³/mol. The standard InChI is InChI=1S/C43H28N2S/c1-2-8-29(9-3-1)31-16-21-36(22-17-31)45(37-23-18-32(19-24-37)35-15-14-30-10-4-5-12-34(30)26-35)42-27-41-39(28-44-42)43-38-13-7-6-11-33(38)20-25-40(43)46-41/h1-28H. The molecule has 0 unspecified atom stereocenters. The summed E-state index contributed by atoms with van der Waals surface area (Å²) in [6.45, 7) is 0. The van der Waals surface area contributed by atoms with Gasteiger partial charge in [-0.3, -0.25) is 4.90 Å². The molecule has 0 spiro atoms. The molecular weight excluding hydrogens is 577 g/mol. The zero-order valence-electron chi connectivity index (χ0n) is 25.0. The summed E-state index contributed by atoms with van der Waals surface area (Å²) in [6, 6.07) is 58.7. The number of pyridine rings is 1. The lowest BCUT2D eigenvalue weighted by Crippen LogP contribution is -2.11. The molecule has 0 saturated carbocycles. The van der Waals surface area contributed by atoms with E-state index in [-0.39, 0.29) is 0 Å². The summed E-state index contributed by atoms with van der Waals surface area (Å²) in [7, 11) is 0. The van der Waals surface area contributed by atoms with Crippen molar-refractivity contribution in [3.63, 3.8) is 0 Å². The van der Waals surface area contributed by atoms with Gasteiger partial charge in [-0.1, -0.05) is 121 Å². The van der Waals surface area contributed by atoms with Gasteiger partial charge in [0.25, 0.3) is 0 Å². The van der Waals surface area contributed by atoms with E-state index in [0.29, 0.717) is 0 Å². The van der Waals surface area contributed by atoms with Crippen molar-refractivity contribution in [2.45, 2.75) is 0 Å². The quantitative estimate of drug-likeness (QED) is 0.194. The van der Waals surface area contributed by atoms with Crippen LogP contribution in [0, 0.1) is 0 Å². The number of hydrogen-bond donors (Lipinski definition) is 0. The fraction of sp³-hybridized carbons (Fsp3) is 0. The topological polar surface area (TPSA) is 16.1 Å². The van der Waals surface area contributed by atoms with Crippen LogP contribution in [0.4, 0.5) is 17.2 Å². The molecule has 0 fully saturated rings. The largest absolute Gasteiger partial charge is 0.295 e. The summed E-state index contributed by atoms with van der Waals surface area (Å²) in [6.07, 6.45) is 2.06. The van der Waals surface area contributed by atoms with Gasteiger partial charge in [-0.2, -0.15) is 0 Å². The first kappa shape index (κ1) is 26.6. The number of fused-ring (bicyclic) bond motifs is 6. The summed E-state index contributed by atoms with van der Waals surface area (Å²) >= 11 is 1.83. The first-order valence-electron chi connectivity index (χ1n) is 15.5. The van der Waals surface area contributed by atoms with Crippen LogP contribution in [-0.4, -0.2) is 4.98 Å². The van der Waals surface area contributed by atoms with Gasteiger partial charge in [-0.25, -0.2) is 4.98 Å². The van der Waals surface area contributed by atoms with E-state index in [1.165, 1.54) is 64.0 Å². The highest BCUT2D eigenvalue weighted by molar-refractivity contribution is 7.26. The second-order valence-electron chi connectivity index (χ2n) is 11.7. The van der Waals surface area contributed by atoms with Crippen LogP contribution in [0.5, 0.6) is 0 Å². The maximum Gasteiger partial charge on any atom is 0.138 e. The molecule has 216 valence electrons. The van der Waals surface area contributed by atoms with Crippen LogP contribution in [0.15, 0.2) is 170 Å². The molecule has 0 bridgehead atoms. The molecule has 2 aromatic heterocycles. The maximum atomic E-state index is 5.12. The predicted octanol–water partition coefficient (Wildman–Crippen LogP) is 12.6. The SMILES string of the molecule is c1ccc(-c2ccc(N(c3ccc(-c4ccc5ccccc5c4)cc3)c3cc4sc5ccc6ccccc6c5c4cn3)cc2)cc1. The molecule has 0 aliphatic rings. The molecular formula is C43H28N2S. The lowest BCUT2D eigenvalue weighted by Gasteiger charge is -2.25. The van der Waals surface area contributed by atoms with E-state index in [1.807, 2.05) is 11.3 Å². The molecule has 46 heavy (non-hydrogen) atoms. The number of benzene rings is 7. The molecule has 0 atom stereocenters. The van der Waals surface area contributed by atoms with Gasteiger partial charge in [0.05, 0.1) is 0 Å². The van der Waals surface area contributed by atoms with Gasteiger partial charge in [0.2, 0.25) is 0 Å². The van der Waals surface area contributed by atoms with Gasteiger partial charge >= 0.3 is 0 Å². The van der Waals surface area contributed by atoms with E-state index in [4.69, 9.17) is 4.98 Å². The number of anilines is 3. The van der Waals surface area contributed by atoms with E-state index >= 15 is 0 Å². The normalized spacial score (nSPS) is 11.5. The molecule has 9 aromatic rings. The third-order valence-corrected chi connectivity index (χ3v) is 10.0. The Morgan fingerprint density at radius 2 is 1.00 bits per heavy atom. The maximum absolute atomic E-state index is 5.12. The number of rotatable bonds is 5. The molecule has 0 N–H and O–H groups in total. The van der Waals surface area contributed by atoms with Crippen LogP contribution in [0.1, 0.15) is 0 Å². The lowest BCUT2D eigenvalue weighted by molar-refractivity contribution is 1.19. The van der Waals surface area contributed by atoms with Crippen LogP contribution in [0.3, 0.4) is 0 Å². The zero-order chi connectivity index (χ0) is 30.5. The summed E-state index contributed by atoms with van der Waals surface area (Å²) in [5.41, 5.74) is 6.93. The Hall–Kier alpha value is -5.77. The molecule has 0 saturated heterocycles. The Balaban J connectivity index is 1.16. The second kappa shape index (κ2) is 11.0. The third-order valence-electron chi connectivity index (χ3n) is 8.90. The molecule has 0 amide bonds.